The zero-order valence-electron chi connectivity index (χ0n) is 11.9. The second kappa shape index (κ2) is 5.02. The fourth-order valence-electron chi connectivity index (χ4n) is 2.56. The normalized spacial score (nSPS) is 10.8. The van der Waals surface area contributed by atoms with Gasteiger partial charge in [0, 0.05) is 16.5 Å². The minimum Gasteiger partial charge on any atom is -0.545 e. The lowest BCUT2D eigenvalue weighted by atomic mass is 9.97. The Bertz CT molecular complexity index is 836. The van der Waals surface area contributed by atoms with Gasteiger partial charge in [-0.3, -0.25) is 0 Å². The molecule has 0 N–H and O–H groups in total. The van der Waals surface area contributed by atoms with Crippen LogP contribution in [0, 0.1) is 13.8 Å². The highest BCUT2D eigenvalue weighted by molar-refractivity contribution is 6.04. The third-order valence-electron chi connectivity index (χ3n) is 3.66. The average molecular weight is 276 g/mol. The van der Waals surface area contributed by atoms with Gasteiger partial charge in [0.2, 0.25) is 0 Å². The first-order valence-corrected chi connectivity index (χ1v) is 6.75. The second-order valence-electron chi connectivity index (χ2n) is 5.13. The number of hydrogen-bond acceptors (Lipinski definition) is 3. The minimum atomic E-state index is -1.17. The number of carbonyl (C=O) groups is 1. The predicted molar refractivity (Wildman–Crippen MR) is 81.0 cm³/mol. The maximum Gasteiger partial charge on any atom is 0.0745 e. The van der Waals surface area contributed by atoms with E-state index >= 15 is 0 Å². The number of carboxylic acid groups (broad SMARTS) is 1. The van der Waals surface area contributed by atoms with Gasteiger partial charge in [-0.2, -0.15) is 0 Å². The molecule has 3 heteroatoms. The van der Waals surface area contributed by atoms with Crippen molar-refractivity contribution < 1.29 is 9.90 Å². The maximum absolute atomic E-state index is 11.5. The first kappa shape index (κ1) is 13.3. The lowest BCUT2D eigenvalue weighted by molar-refractivity contribution is -0.254. The van der Waals surface area contributed by atoms with Crippen LogP contribution in [0.2, 0.25) is 0 Å². The molecule has 0 atom stereocenters. The molecule has 0 radical (unpaired) electrons. The molecule has 0 bridgehead atoms. The first-order valence-electron chi connectivity index (χ1n) is 6.75. The van der Waals surface area contributed by atoms with Crippen LogP contribution < -0.4 is 5.11 Å². The number of para-hydroxylation sites is 1. The number of fused-ring (bicyclic) bond motifs is 1. The Hall–Kier alpha value is -2.68. The number of pyridine rings is 1. The number of nitrogens with zero attached hydrogens (tertiary/aromatic N) is 1. The Morgan fingerprint density at radius 2 is 1.67 bits per heavy atom. The third-order valence-corrected chi connectivity index (χ3v) is 3.66. The molecule has 0 aliphatic rings. The Morgan fingerprint density at radius 3 is 2.33 bits per heavy atom. The van der Waals surface area contributed by atoms with Crippen molar-refractivity contribution in [1.29, 1.82) is 0 Å². The van der Waals surface area contributed by atoms with Crippen LogP contribution in [-0.4, -0.2) is 11.0 Å². The molecule has 0 saturated heterocycles. The van der Waals surface area contributed by atoms with Crippen LogP contribution in [0.25, 0.3) is 22.2 Å². The highest BCUT2D eigenvalue weighted by Gasteiger charge is 2.13. The van der Waals surface area contributed by atoms with Crippen molar-refractivity contribution in [3.8, 4) is 11.3 Å². The van der Waals surface area contributed by atoms with E-state index in [9.17, 15) is 9.90 Å². The van der Waals surface area contributed by atoms with Gasteiger partial charge in [0.1, 0.15) is 0 Å². The minimum absolute atomic E-state index is 0.219. The zero-order chi connectivity index (χ0) is 15.0. The summed E-state index contributed by atoms with van der Waals surface area (Å²) in [7, 11) is 0. The summed E-state index contributed by atoms with van der Waals surface area (Å²) in [5.74, 6) is -1.17. The number of hydrogen-bond donors (Lipinski definition) is 0. The van der Waals surface area contributed by atoms with Crippen molar-refractivity contribution >= 4 is 16.9 Å². The highest BCUT2D eigenvalue weighted by atomic mass is 16.4. The highest BCUT2D eigenvalue weighted by Crippen LogP contribution is 2.29. The van der Waals surface area contributed by atoms with Gasteiger partial charge >= 0.3 is 0 Å². The third kappa shape index (κ3) is 2.27. The molecule has 3 rings (SSSR count). The molecule has 0 amide bonds. The molecular weight excluding hydrogens is 262 g/mol. The van der Waals surface area contributed by atoms with Crippen molar-refractivity contribution in [1.82, 2.24) is 4.98 Å². The van der Waals surface area contributed by atoms with Crippen LogP contribution in [0.3, 0.4) is 0 Å². The number of benzene rings is 2. The number of carbonyl (C=O) groups excluding carboxylic acids is 1. The van der Waals surface area contributed by atoms with E-state index in [1.54, 1.807) is 19.1 Å². The van der Waals surface area contributed by atoms with Gasteiger partial charge < -0.3 is 9.90 Å². The maximum atomic E-state index is 11.5. The molecule has 1 heterocycles. The quantitative estimate of drug-likeness (QED) is 0.723. The Morgan fingerprint density at radius 1 is 1.00 bits per heavy atom. The van der Waals surface area contributed by atoms with Crippen molar-refractivity contribution in [3.05, 3.63) is 65.2 Å². The number of aromatic carboxylic acids is 1. The number of rotatable bonds is 2. The molecule has 3 nitrogen and oxygen atoms in total. The summed E-state index contributed by atoms with van der Waals surface area (Å²) in [5.41, 5.74) is 4.27. The zero-order valence-corrected chi connectivity index (χ0v) is 11.9. The van der Waals surface area contributed by atoms with E-state index in [0.29, 0.717) is 22.2 Å². The fourth-order valence-corrected chi connectivity index (χ4v) is 2.56. The van der Waals surface area contributed by atoms with E-state index in [4.69, 9.17) is 0 Å². The van der Waals surface area contributed by atoms with E-state index in [1.165, 1.54) is 0 Å². The molecule has 0 saturated carbocycles. The first-order chi connectivity index (χ1) is 10.1. The van der Waals surface area contributed by atoms with E-state index in [1.807, 2.05) is 43.3 Å². The standard InChI is InChI=1S/C18H15NO2/c1-11-7-9-13(10-8-11)17-12(2)16(18(20)21)14-5-3-4-6-15(14)19-17/h3-10H,1-2H3,(H,20,21)/p-1. The number of carboxylic acids is 1. The molecule has 0 aliphatic carbocycles. The monoisotopic (exact) mass is 276 g/mol. The largest absolute Gasteiger partial charge is 0.545 e. The van der Waals surface area contributed by atoms with Crippen molar-refractivity contribution in [2.45, 2.75) is 13.8 Å². The fraction of sp³-hybridized carbons (Fsp3) is 0.111. The van der Waals surface area contributed by atoms with E-state index in [-0.39, 0.29) is 5.56 Å². The Balaban J connectivity index is 2.36. The Kier molecular flexibility index (Phi) is 3.18. The lowest BCUT2D eigenvalue weighted by Gasteiger charge is -2.15. The molecule has 0 unspecified atom stereocenters. The topological polar surface area (TPSA) is 53.0 Å². The summed E-state index contributed by atoms with van der Waals surface area (Å²) in [6, 6.07) is 15.1. The summed E-state index contributed by atoms with van der Waals surface area (Å²) in [4.78, 5) is 16.2. The number of aromatic nitrogens is 1. The molecule has 3 aromatic rings. The van der Waals surface area contributed by atoms with Crippen molar-refractivity contribution in [2.24, 2.45) is 0 Å². The molecule has 1 aromatic heterocycles. The van der Waals surface area contributed by atoms with Crippen LogP contribution in [0.4, 0.5) is 0 Å². The summed E-state index contributed by atoms with van der Waals surface area (Å²) >= 11 is 0. The lowest BCUT2D eigenvalue weighted by Crippen LogP contribution is -2.24. The average Bonchev–Trinajstić information content (AvgIpc) is 2.47. The van der Waals surface area contributed by atoms with Crippen LogP contribution in [-0.2, 0) is 0 Å². The summed E-state index contributed by atoms with van der Waals surface area (Å²) in [6.45, 7) is 3.79. The van der Waals surface area contributed by atoms with Gasteiger partial charge in [0.05, 0.1) is 17.2 Å². The summed E-state index contributed by atoms with van der Waals surface area (Å²) in [6.07, 6.45) is 0. The molecular formula is C18H14NO2-. The summed E-state index contributed by atoms with van der Waals surface area (Å²) < 4.78 is 0. The molecule has 104 valence electrons. The van der Waals surface area contributed by atoms with Crippen LogP contribution in [0.15, 0.2) is 48.5 Å². The van der Waals surface area contributed by atoms with Crippen LogP contribution in [0.1, 0.15) is 21.5 Å². The van der Waals surface area contributed by atoms with Gasteiger partial charge in [-0.25, -0.2) is 4.98 Å². The van der Waals surface area contributed by atoms with Crippen LogP contribution in [0.5, 0.6) is 0 Å². The van der Waals surface area contributed by atoms with E-state index in [0.717, 1.165) is 11.1 Å². The smallest absolute Gasteiger partial charge is 0.0745 e. The van der Waals surface area contributed by atoms with Gasteiger partial charge in [0.25, 0.3) is 0 Å². The second-order valence-corrected chi connectivity index (χ2v) is 5.13. The molecule has 2 aromatic carbocycles. The molecule has 21 heavy (non-hydrogen) atoms. The van der Waals surface area contributed by atoms with Gasteiger partial charge in [0.15, 0.2) is 0 Å². The van der Waals surface area contributed by atoms with Crippen molar-refractivity contribution in [3.63, 3.8) is 0 Å². The van der Waals surface area contributed by atoms with Crippen LogP contribution >= 0.6 is 0 Å². The van der Waals surface area contributed by atoms with E-state index in [2.05, 4.69) is 4.98 Å². The van der Waals surface area contributed by atoms with Gasteiger partial charge in [-0.05, 0) is 25.5 Å². The van der Waals surface area contributed by atoms with Gasteiger partial charge in [-0.15, -0.1) is 0 Å². The van der Waals surface area contributed by atoms with Gasteiger partial charge in [-0.1, -0.05) is 48.0 Å². The summed E-state index contributed by atoms with van der Waals surface area (Å²) in [5, 5.41) is 12.2. The number of aryl methyl sites for hydroxylation is 1. The Labute approximate surface area is 122 Å². The SMILES string of the molecule is Cc1ccc(-c2nc3ccccc3c(C(=O)[O-])c2C)cc1. The molecule has 0 fully saturated rings. The molecule has 0 spiro atoms. The van der Waals surface area contributed by atoms with Crippen molar-refractivity contribution in [2.75, 3.05) is 0 Å². The predicted octanol–water partition coefficient (Wildman–Crippen LogP) is 2.88. The van der Waals surface area contributed by atoms with E-state index < -0.39 is 5.97 Å². The molecule has 0 aliphatic heterocycles.